The normalized spacial score (nSPS) is 31.5. The van der Waals surface area contributed by atoms with Crippen LogP contribution in [0.2, 0.25) is 0 Å². The van der Waals surface area contributed by atoms with Crippen LogP contribution in [0.1, 0.15) is 41.5 Å². The van der Waals surface area contributed by atoms with Gasteiger partial charge in [0.1, 0.15) is 18.8 Å². The van der Waals surface area contributed by atoms with E-state index in [1.54, 1.807) is 0 Å². The Morgan fingerprint density at radius 3 is 1.39 bits per heavy atom. The average Bonchev–Trinajstić information content (AvgIpc) is 2.90. The van der Waals surface area contributed by atoms with E-state index in [9.17, 15) is 33.6 Å². The molecule has 0 aliphatic carbocycles. The predicted octanol–water partition coefficient (Wildman–Crippen LogP) is -1.14. The largest absolute Gasteiger partial charge is 0.467 e. The van der Waals surface area contributed by atoms with Gasteiger partial charge in [-0.05, 0) is 0 Å². The van der Waals surface area contributed by atoms with Crippen molar-refractivity contribution in [3.63, 3.8) is 0 Å². The molecule has 44 heavy (non-hydrogen) atoms. The van der Waals surface area contributed by atoms with Crippen LogP contribution in [-0.2, 0) is 85.7 Å². The number of carbonyl (C=O) groups excluding carboxylic acids is 7. The van der Waals surface area contributed by atoms with Gasteiger partial charge in [0, 0.05) is 48.7 Å². The second-order valence-electron chi connectivity index (χ2n) is 9.50. The van der Waals surface area contributed by atoms with Gasteiger partial charge in [0.05, 0.1) is 7.11 Å². The third-order valence-electron chi connectivity index (χ3n) is 6.00. The molecule has 2 rings (SSSR count). The van der Waals surface area contributed by atoms with Crippen LogP contribution in [0.3, 0.4) is 0 Å². The fourth-order valence-electron chi connectivity index (χ4n) is 4.55. The number of hydrogen-bond donors (Lipinski definition) is 0. The molecule has 10 atom stereocenters. The van der Waals surface area contributed by atoms with Crippen LogP contribution in [0.15, 0.2) is 0 Å². The summed E-state index contributed by atoms with van der Waals surface area (Å²) in [6.07, 6.45) is -16.2. The van der Waals surface area contributed by atoms with Gasteiger partial charge in [0.15, 0.2) is 49.2 Å². The van der Waals surface area contributed by atoms with Crippen molar-refractivity contribution in [2.75, 3.05) is 20.8 Å². The standard InChI is InChI=1S/C26H36O18/c1-10(27)36-9-16-17(37-11(2)28)18(38-12(3)29)23(41-15(6)32)26(42-16)43-19-20(39-13(4)30)22(40-14(5)31)25(35-8)44-21(19)24(33)34-7/h16-23,25-26H,9H2,1-8H3/t16-,17-,18+,19+,20+,21+,22-,23+,25+,26-/m1/s1. The lowest BCUT2D eigenvalue weighted by molar-refractivity contribution is -0.354. The van der Waals surface area contributed by atoms with Gasteiger partial charge in [-0.15, -0.1) is 0 Å². The molecule has 2 heterocycles. The Hall–Kier alpha value is -3.87. The molecule has 2 fully saturated rings. The summed E-state index contributed by atoms with van der Waals surface area (Å²) in [5.74, 6) is -6.25. The fourth-order valence-corrected chi connectivity index (χ4v) is 4.55. The number of carbonyl (C=O) groups is 7. The zero-order chi connectivity index (χ0) is 33.3. The van der Waals surface area contributed by atoms with Crippen LogP contribution in [0.25, 0.3) is 0 Å². The highest BCUT2D eigenvalue weighted by Crippen LogP contribution is 2.35. The maximum Gasteiger partial charge on any atom is 0.338 e. The molecule has 0 aromatic heterocycles. The highest BCUT2D eigenvalue weighted by atomic mass is 16.8. The highest BCUT2D eigenvalue weighted by Gasteiger charge is 2.58. The molecule has 248 valence electrons. The molecule has 0 aromatic carbocycles. The van der Waals surface area contributed by atoms with E-state index in [1.807, 2.05) is 0 Å². The molecule has 2 saturated heterocycles. The molecule has 2 aliphatic rings. The molecule has 0 bridgehead atoms. The maximum atomic E-state index is 12.9. The van der Waals surface area contributed by atoms with Gasteiger partial charge in [-0.25, -0.2) is 4.79 Å². The molecule has 18 nitrogen and oxygen atoms in total. The Kier molecular flexibility index (Phi) is 13.4. The summed E-state index contributed by atoms with van der Waals surface area (Å²) in [4.78, 5) is 85.0. The molecular weight excluding hydrogens is 600 g/mol. The van der Waals surface area contributed by atoms with Crippen molar-refractivity contribution < 1.29 is 85.7 Å². The van der Waals surface area contributed by atoms with E-state index in [2.05, 4.69) is 0 Å². The van der Waals surface area contributed by atoms with E-state index in [1.165, 1.54) is 7.11 Å². The predicted molar refractivity (Wildman–Crippen MR) is 136 cm³/mol. The van der Waals surface area contributed by atoms with Crippen molar-refractivity contribution in [2.24, 2.45) is 0 Å². The minimum Gasteiger partial charge on any atom is -0.467 e. The summed E-state index contributed by atoms with van der Waals surface area (Å²) in [6, 6.07) is 0. The average molecular weight is 637 g/mol. The highest BCUT2D eigenvalue weighted by molar-refractivity contribution is 5.76. The van der Waals surface area contributed by atoms with Crippen molar-refractivity contribution in [3.8, 4) is 0 Å². The lowest BCUT2D eigenvalue weighted by Gasteiger charge is -2.48. The van der Waals surface area contributed by atoms with Crippen molar-refractivity contribution in [3.05, 3.63) is 0 Å². The van der Waals surface area contributed by atoms with E-state index in [4.69, 9.17) is 52.1 Å². The molecule has 0 spiro atoms. The molecule has 0 aromatic rings. The quantitative estimate of drug-likeness (QED) is 0.193. The number of rotatable bonds is 11. The van der Waals surface area contributed by atoms with Crippen LogP contribution >= 0.6 is 0 Å². The minimum absolute atomic E-state index is 0.575. The smallest absolute Gasteiger partial charge is 0.338 e. The summed E-state index contributed by atoms with van der Waals surface area (Å²) in [6.45, 7) is 5.68. The van der Waals surface area contributed by atoms with Crippen LogP contribution in [0.5, 0.6) is 0 Å². The van der Waals surface area contributed by atoms with E-state index in [-0.39, 0.29) is 0 Å². The molecule has 18 heteroatoms. The lowest BCUT2D eigenvalue weighted by Crippen LogP contribution is -2.67. The lowest BCUT2D eigenvalue weighted by atomic mass is 9.95. The Bertz CT molecular complexity index is 1090. The van der Waals surface area contributed by atoms with Crippen molar-refractivity contribution >= 4 is 41.8 Å². The van der Waals surface area contributed by atoms with Crippen molar-refractivity contribution in [1.82, 2.24) is 0 Å². The van der Waals surface area contributed by atoms with Gasteiger partial charge in [0.2, 0.25) is 0 Å². The van der Waals surface area contributed by atoms with Crippen LogP contribution in [0.4, 0.5) is 0 Å². The van der Waals surface area contributed by atoms with Gasteiger partial charge in [-0.1, -0.05) is 0 Å². The second-order valence-corrected chi connectivity index (χ2v) is 9.50. The van der Waals surface area contributed by atoms with Gasteiger partial charge >= 0.3 is 41.8 Å². The molecule has 0 N–H and O–H groups in total. The van der Waals surface area contributed by atoms with E-state index < -0.39 is 110 Å². The van der Waals surface area contributed by atoms with Gasteiger partial charge in [-0.2, -0.15) is 0 Å². The monoisotopic (exact) mass is 636 g/mol. The first kappa shape index (κ1) is 36.3. The molecule has 0 amide bonds. The second kappa shape index (κ2) is 16.3. The first-order chi connectivity index (χ1) is 20.6. The van der Waals surface area contributed by atoms with E-state index in [0.717, 1.165) is 48.7 Å². The van der Waals surface area contributed by atoms with E-state index in [0.29, 0.717) is 0 Å². The molecule has 0 radical (unpaired) electrons. The zero-order valence-corrected chi connectivity index (χ0v) is 25.3. The summed E-state index contributed by atoms with van der Waals surface area (Å²) >= 11 is 0. The molecule has 2 aliphatic heterocycles. The molecular formula is C26H36O18. The Morgan fingerprint density at radius 1 is 0.523 bits per heavy atom. The first-order valence-corrected chi connectivity index (χ1v) is 13.2. The third-order valence-corrected chi connectivity index (χ3v) is 6.00. The number of hydrogen-bond acceptors (Lipinski definition) is 18. The Morgan fingerprint density at radius 2 is 0.955 bits per heavy atom. The van der Waals surface area contributed by atoms with Crippen molar-refractivity contribution in [2.45, 2.75) is 103 Å². The first-order valence-electron chi connectivity index (χ1n) is 13.2. The SMILES string of the molecule is COC(=O)[C@H]1O[C@H](OC)[C@H](OC(C)=O)[C@@H](OC(C)=O)[C@@H]1O[C@H]1O[C@H](COC(C)=O)[C@@H](OC(C)=O)[C@H](OC(C)=O)[C@@H]1OC(C)=O. The van der Waals surface area contributed by atoms with Gasteiger partial charge in [0.25, 0.3) is 0 Å². The number of ether oxygens (including phenoxy) is 11. The Labute approximate surface area is 251 Å². The molecule has 0 saturated carbocycles. The fraction of sp³-hybridized carbons (Fsp3) is 0.731. The van der Waals surface area contributed by atoms with Crippen LogP contribution in [0, 0.1) is 0 Å². The summed E-state index contributed by atoms with van der Waals surface area (Å²) in [5.41, 5.74) is 0. The third kappa shape index (κ3) is 9.83. The van der Waals surface area contributed by atoms with Crippen molar-refractivity contribution in [1.29, 1.82) is 0 Å². The van der Waals surface area contributed by atoms with Gasteiger partial charge < -0.3 is 52.1 Å². The Balaban J connectivity index is 2.71. The minimum atomic E-state index is -1.83. The number of esters is 7. The maximum absolute atomic E-state index is 12.9. The summed E-state index contributed by atoms with van der Waals surface area (Å²) in [7, 11) is 2.19. The summed E-state index contributed by atoms with van der Waals surface area (Å²) < 4.78 is 59.6. The van der Waals surface area contributed by atoms with E-state index >= 15 is 0 Å². The van der Waals surface area contributed by atoms with Gasteiger partial charge in [-0.3, -0.25) is 28.8 Å². The molecule has 0 unspecified atom stereocenters. The topological polar surface area (TPSA) is 221 Å². The number of methoxy groups -OCH3 is 2. The van der Waals surface area contributed by atoms with Crippen LogP contribution < -0.4 is 0 Å². The zero-order valence-electron chi connectivity index (χ0n) is 25.3. The van der Waals surface area contributed by atoms with Crippen LogP contribution in [-0.4, -0.2) is 124 Å². The summed E-state index contributed by atoms with van der Waals surface area (Å²) in [5, 5.41) is 0.